The van der Waals surface area contributed by atoms with Gasteiger partial charge in [0.05, 0.1) is 0 Å². The van der Waals surface area contributed by atoms with Gasteiger partial charge in [-0.05, 0) is 32.1 Å². The number of rotatable bonds is 4. The molecule has 0 radical (unpaired) electrons. The van der Waals surface area contributed by atoms with E-state index in [1.165, 1.54) is 6.42 Å². The molecule has 0 bridgehead atoms. The first-order chi connectivity index (χ1) is 8.69. The quantitative estimate of drug-likeness (QED) is 0.593. The van der Waals surface area contributed by atoms with E-state index in [0.29, 0.717) is 11.9 Å². The molecule has 5 heteroatoms. The van der Waals surface area contributed by atoms with Crippen LogP contribution in [0.3, 0.4) is 0 Å². The van der Waals surface area contributed by atoms with Gasteiger partial charge in [-0.2, -0.15) is 4.99 Å². The monoisotopic (exact) mass is 253 g/mol. The maximum Gasteiger partial charge on any atom is 0.221 e. The van der Waals surface area contributed by atoms with Gasteiger partial charge < -0.3 is 15.5 Å². The first-order valence-electron chi connectivity index (χ1n) is 7.11. The lowest BCUT2D eigenvalue weighted by Crippen LogP contribution is -2.41. The zero-order valence-corrected chi connectivity index (χ0v) is 11.8. The maximum absolute atomic E-state index is 8.00. The van der Waals surface area contributed by atoms with E-state index in [9.17, 15) is 0 Å². The molecule has 1 aliphatic rings. The Labute approximate surface area is 111 Å². The number of aliphatic imine (C=N–C) groups is 1. The number of hydrogen-bond donors (Lipinski definition) is 2. The Kier molecular flexibility index (Phi) is 6.54. The Morgan fingerprint density at radius 3 is 2.22 bits per heavy atom. The Hall–Kier alpha value is -1.26. The van der Waals surface area contributed by atoms with Gasteiger partial charge in [0.2, 0.25) is 5.96 Å². The van der Waals surface area contributed by atoms with Crippen LogP contribution >= 0.6 is 0 Å². The van der Waals surface area contributed by atoms with Gasteiger partial charge in [-0.25, -0.2) is 0 Å². The van der Waals surface area contributed by atoms with Gasteiger partial charge in [-0.3, -0.25) is 5.41 Å². The molecule has 5 nitrogen and oxygen atoms in total. The van der Waals surface area contributed by atoms with E-state index >= 15 is 0 Å². The van der Waals surface area contributed by atoms with Crippen molar-refractivity contribution >= 4 is 11.9 Å². The van der Waals surface area contributed by atoms with Gasteiger partial charge in [0.15, 0.2) is 5.96 Å². The molecule has 0 spiro atoms. The smallest absolute Gasteiger partial charge is 0.221 e. The molecule has 18 heavy (non-hydrogen) atoms. The van der Waals surface area contributed by atoms with Crippen LogP contribution in [0.4, 0.5) is 0 Å². The van der Waals surface area contributed by atoms with Crippen LogP contribution in [0.2, 0.25) is 0 Å². The van der Waals surface area contributed by atoms with Gasteiger partial charge in [0.25, 0.3) is 0 Å². The Balaban J connectivity index is 2.57. The largest absolute Gasteiger partial charge is 0.369 e. The molecule has 0 aliphatic carbocycles. The molecule has 1 aliphatic heterocycles. The summed E-state index contributed by atoms with van der Waals surface area (Å²) in [5.74, 6) is 0.818. The third kappa shape index (κ3) is 4.55. The van der Waals surface area contributed by atoms with Crippen LogP contribution in [-0.2, 0) is 0 Å². The molecule has 0 saturated carbocycles. The van der Waals surface area contributed by atoms with Crippen LogP contribution in [0.25, 0.3) is 0 Å². The molecule has 1 heterocycles. The minimum absolute atomic E-state index is 0.324. The molecular weight excluding hydrogens is 226 g/mol. The number of piperidine rings is 1. The molecule has 0 amide bonds. The van der Waals surface area contributed by atoms with E-state index in [1.807, 2.05) is 4.90 Å². The molecule has 0 aromatic heterocycles. The van der Waals surface area contributed by atoms with E-state index in [2.05, 4.69) is 23.7 Å². The van der Waals surface area contributed by atoms with Crippen molar-refractivity contribution in [2.24, 2.45) is 10.7 Å². The highest BCUT2D eigenvalue weighted by atomic mass is 15.3. The third-order valence-corrected chi connectivity index (χ3v) is 3.19. The summed E-state index contributed by atoms with van der Waals surface area (Å²) in [4.78, 5) is 8.36. The standard InChI is InChI=1S/C13H27N5/c1-3-8-17(9-4-2)12(14)16-13(15)18-10-6-5-7-11-18/h3-11H2,1-2H3,(H3,14,15,16). The molecule has 0 aromatic carbocycles. The van der Waals surface area contributed by atoms with E-state index < -0.39 is 0 Å². The lowest BCUT2D eigenvalue weighted by molar-refractivity contribution is 0.336. The summed E-state index contributed by atoms with van der Waals surface area (Å²) in [6, 6.07) is 0. The summed E-state index contributed by atoms with van der Waals surface area (Å²) in [5, 5.41) is 8.00. The number of likely N-dealkylation sites (tertiary alicyclic amines) is 1. The normalized spacial score (nSPS) is 16.8. The fraction of sp³-hybridized carbons (Fsp3) is 0.846. The van der Waals surface area contributed by atoms with Crippen molar-refractivity contribution < 1.29 is 0 Å². The fourth-order valence-corrected chi connectivity index (χ4v) is 2.24. The lowest BCUT2D eigenvalue weighted by atomic mass is 10.1. The summed E-state index contributed by atoms with van der Waals surface area (Å²) in [7, 11) is 0. The fourth-order valence-electron chi connectivity index (χ4n) is 2.24. The molecule has 1 fully saturated rings. The second-order valence-corrected chi connectivity index (χ2v) is 4.83. The van der Waals surface area contributed by atoms with Gasteiger partial charge in [-0.1, -0.05) is 13.8 Å². The van der Waals surface area contributed by atoms with Crippen molar-refractivity contribution in [2.45, 2.75) is 46.0 Å². The van der Waals surface area contributed by atoms with Gasteiger partial charge in [-0.15, -0.1) is 0 Å². The Morgan fingerprint density at radius 1 is 1.17 bits per heavy atom. The minimum atomic E-state index is 0.324. The van der Waals surface area contributed by atoms with Crippen LogP contribution in [0.5, 0.6) is 0 Å². The minimum Gasteiger partial charge on any atom is -0.369 e. The maximum atomic E-state index is 8.00. The number of nitrogens with one attached hydrogen (secondary N) is 1. The van der Waals surface area contributed by atoms with Crippen LogP contribution in [0.1, 0.15) is 46.0 Å². The Bertz CT molecular complexity index is 275. The summed E-state index contributed by atoms with van der Waals surface area (Å²) in [6.45, 7) is 7.97. The first-order valence-corrected chi connectivity index (χ1v) is 7.11. The topological polar surface area (TPSA) is 68.7 Å². The highest BCUT2D eigenvalue weighted by Crippen LogP contribution is 2.09. The second-order valence-electron chi connectivity index (χ2n) is 4.83. The molecule has 0 unspecified atom stereocenters. The Morgan fingerprint density at radius 2 is 1.72 bits per heavy atom. The average molecular weight is 253 g/mol. The van der Waals surface area contributed by atoms with Crippen LogP contribution in [-0.4, -0.2) is 47.9 Å². The zero-order chi connectivity index (χ0) is 13.4. The van der Waals surface area contributed by atoms with Gasteiger partial charge >= 0.3 is 0 Å². The predicted octanol–water partition coefficient (Wildman–Crippen LogP) is 1.84. The van der Waals surface area contributed by atoms with Gasteiger partial charge in [0, 0.05) is 26.2 Å². The number of nitrogens with two attached hydrogens (primary N) is 1. The predicted molar refractivity (Wildman–Crippen MR) is 76.9 cm³/mol. The van der Waals surface area contributed by atoms with E-state index in [1.54, 1.807) is 0 Å². The SMILES string of the molecule is CCCN(CCC)/C(N)=N/C(=N)N1CCCCC1. The highest BCUT2D eigenvalue weighted by molar-refractivity contribution is 5.92. The molecule has 1 rings (SSSR count). The van der Waals surface area contributed by atoms with Gasteiger partial charge in [0.1, 0.15) is 0 Å². The number of guanidine groups is 2. The molecule has 0 aromatic rings. The summed E-state index contributed by atoms with van der Waals surface area (Å²) < 4.78 is 0. The van der Waals surface area contributed by atoms with Crippen molar-refractivity contribution in [3.05, 3.63) is 0 Å². The summed E-state index contributed by atoms with van der Waals surface area (Å²) >= 11 is 0. The van der Waals surface area contributed by atoms with Crippen LogP contribution < -0.4 is 5.73 Å². The number of nitrogens with zero attached hydrogens (tertiary/aromatic N) is 3. The van der Waals surface area contributed by atoms with Crippen molar-refractivity contribution in [2.75, 3.05) is 26.2 Å². The summed E-state index contributed by atoms with van der Waals surface area (Å²) in [6.07, 6.45) is 5.68. The second kappa shape index (κ2) is 7.95. The molecule has 1 saturated heterocycles. The lowest BCUT2D eigenvalue weighted by Gasteiger charge is -2.28. The van der Waals surface area contributed by atoms with Crippen LogP contribution in [0, 0.1) is 5.41 Å². The van der Waals surface area contributed by atoms with Crippen molar-refractivity contribution in [1.82, 2.24) is 9.80 Å². The van der Waals surface area contributed by atoms with E-state index in [0.717, 1.165) is 51.9 Å². The van der Waals surface area contributed by atoms with E-state index in [4.69, 9.17) is 11.1 Å². The molecule has 3 N–H and O–H groups in total. The average Bonchev–Trinajstić information content (AvgIpc) is 2.39. The molecule has 104 valence electrons. The zero-order valence-electron chi connectivity index (χ0n) is 11.8. The molecular formula is C13H27N5. The molecule has 0 atom stereocenters. The van der Waals surface area contributed by atoms with Crippen molar-refractivity contribution in [1.29, 1.82) is 5.41 Å². The summed E-state index contributed by atoms with van der Waals surface area (Å²) in [5.41, 5.74) is 6.01. The van der Waals surface area contributed by atoms with Crippen molar-refractivity contribution in [3.63, 3.8) is 0 Å². The third-order valence-electron chi connectivity index (χ3n) is 3.19. The highest BCUT2D eigenvalue weighted by Gasteiger charge is 2.14. The first kappa shape index (κ1) is 14.8. The van der Waals surface area contributed by atoms with Crippen LogP contribution in [0.15, 0.2) is 4.99 Å². The van der Waals surface area contributed by atoms with Crippen molar-refractivity contribution in [3.8, 4) is 0 Å². The number of hydrogen-bond acceptors (Lipinski definition) is 1. The van der Waals surface area contributed by atoms with E-state index in [-0.39, 0.29) is 0 Å².